The van der Waals surface area contributed by atoms with Crippen LogP contribution in [0.5, 0.6) is 0 Å². The molecule has 0 aliphatic carbocycles. The molecule has 0 aliphatic rings. The largest absolute Gasteiger partial charge is 0.481 e. The highest BCUT2D eigenvalue weighted by molar-refractivity contribution is 5.85. The highest BCUT2D eigenvalue weighted by Crippen LogP contribution is 2.12. The van der Waals surface area contributed by atoms with Gasteiger partial charge in [0.05, 0.1) is 5.92 Å². The van der Waals surface area contributed by atoms with E-state index in [-0.39, 0.29) is 25.4 Å². The molecule has 3 nitrogen and oxygen atoms in total. The van der Waals surface area contributed by atoms with E-state index in [0.29, 0.717) is 5.56 Å². The van der Waals surface area contributed by atoms with Crippen molar-refractivity contribution < 1.29 is 18.7 Å². The van der Waals surface area contributed by atoms with Gasteiger partial charge in [0.15, 0.2) is 0 Å². The van der Waals surface area contributed by atoms with Gasteiger partial charge in [0.1, 0.15) is 11.6 Å². The summed E-state index contributed by atoms with van der Waals surface area (Å²) in [4.78, 5) is 10.6. The third kappa shape index (κ3) is 4.12. The van der Waals surface area contributed by atoms with Crippen molar-refractivity contribution in [3.63, 3.8) is 0 Å². The van der Waals surface area contributed by atoms with Crippen LogP contribution in [0.25, 0.3) is 0 Å². The van der Waals surface area contributed by atoms with Gasteiger partial charge in [-0.3, -0.25) is 4.79 Å². The average Bonchev–Trinajstić information content (AvgIpc) is 2.12. The summed E-state index contributed by atoms with van der Waals surface area (Å²) in [5.74, 6) is -3.31. The standard InChI is InChI=1S/C10H11F2NO2.ClH/c11-8-2-6(3-9(12)4-8)1-7(5-13)10(14)15;/h2-4,7H,1,5,13H2,(H,14,15);1H/t7-;/m0./s1. The molecule has 0 saturated carbocycles. The number of hydrogen-bond acceptors (Lipinski definition) is 2. The van der Waals surface area contributed by atoms with Gasteiger partial charge in [0.2, 0.25) is 0 Å². The zero-order chi connectivity index (χ0) is 11.4. The van der Waals surface area contributed by atoms with Crippen LogP contribution in [0, 0.1) is 17.6 Å². The third-order valence-electron chi connectivity index (χ3n) is 2.04. The van der Waals surface area contributed by atoms with Crippen LogP contribution >= 0.6 is 12.4 Å². The number of rotatable bonds is 4. The molecule has 0 fully saturated rings. The fraction of sp³-hybridized carbons (Fsp3) is 0.300. The normalized spacial score (nSPS) is 11.7. The molecule has 1 aromatic rings. The van der Waals surface area contributed by atoms with Crippen LogP contribution in [-0.2, 0) is 11.2 Å². The van der Waals surface area contributed by atoms with E-state index >= 15 is 0 Å². The monoisotopic (exact) mass is 251 g/mol. The number of halogens is 3. The number of carboxylic acids is 1. The third-order valence-corrected chi connectivity index (χ3v) is 2.04. The fourth-order valence-electron chi connectivity index (χ4n) is 1.28. The van der Waals surface area contributed by atoms with Crippen molar-refractivity contribution in [2.45, 2.75) is 6.42 Å². The molecule has 0 unspecified atom stereocenters. The molecule has 0 spiro atoms. The van der Waals surface area contributed by atoms with Crippen LogP contribution in [0.4, 0.5) is 8.78 Å². The topological polar surface area (TPSA) is 63.3 Å². The first-order valence-corrected chi connectivity index (χ1v) is 4.40. The van der Waals surface area contributed by atoms with Crippen molar-refractivity contribution in [3.8, 4) is 0 Å². The fourth-order valence-corrected chi connectivity index (χ4v) is 1.28. The lowest BCUT2D eigenvalue weighted by molar-refractivity contribution is -0.141. The molecule has 0 heterocycles. The molecule has 3 N–H and O–H groups in total. The first kappa shape index (κ1) is 14.8. The second-order valence-electron chi connectivity index (χ2n) is 3.25. The maximum atomic E-state index is 12.8. The molecule has 0 aliphatic heterocycles. The number of nitrogens with two attached hydrogens (primary N) is 1. The van der Waals surface area contributed by atoms with E-state index in [1.54, 1.807) is 0 Å². The van der Waals surface area contributed by atoms with Crippen LogP contribution in [0.2, 0.25) is 0 Å². The molecular weight excluding hydrogens is 240 g/mol. The van der Waals surface area contributed by atoms with Crippen molar-refractivity contribution >= 4 is 18.4 Å². The van der Waals surface area contributed by atoms with Gasteiger partial charge >= 0.3 is 5.97 Å². The van der Waals surface area contributed by atoms with Gasteiger partial charge in [-0.2, -0.15) is 0 Å². The molecule has 0 amide bonds. The molecule has 1 aromatic carbocycles. The Kier molecular flexibility index (Phi) is 5.92. The Hall–Kier alpha value is -1.20. The predicted octanol–water partition coefficient (Wildman–Crippen LogP) is 1.59. The van der Waals surface area contributed by atoms with Crippen LogP contribution in [0.1, 0.15) is 5.56 Å². The Balaban J connectivity index is 0.00000225. The molecule has 16 heavy (non-hydrogen) atoms. The number of benzene rings is 1. The first-order chi connectivity index (χ1) is 7.02. The van der Waals surface area contributed by atoms with E-state index in [2.05, 4.69) is 0 Å². The van der Waals surface area contributed by atoms with Crippen LogP contribution < -0.4 is 5.73 Å². The SMILES string of the molecule is Cl.NC[C@H](Cc1cc(F)cc(F)c1)C(=O)O. The van der Waals surface area contributed by atoms with Crippen molar-refractivity contribution in [1.82, 2.24) is 0 Å². The van der Waals surface area contributed by atoms with E-state index in [0.717, 1.165) is 18.2 Å². The van der Waals surface area contributed by atoms with Crippen molar-refractivity contribution in [3.05, 3.63) is 35.4 Å². The Labute approximate surface area is 97.7 Å². The summed E-state index contributed by atoms with van der Waals surface area (Å²) in [5.41, 5.74) is 5.53. The van der Waals surface area contributed by atoms with Crippen molar-refractivity contribution in [2.24, 2.45) is 11.7 Å². The van der Waals surface area contributed by atoms with Gasteiger partial charge in [0, 0.05) is 12.6 Å². The molecular formula is C10H12ClF2NO2. The Bertz CT molecular complexity index is 354. The molecule has 1 atom stereocenters. The van der Waals surface area contributed by atoms with E-state index in [1.165, 1.54) is 0 Å². The number of carbonyl (C=O) groups is 1. The minimum absolute atomic E-state index is 0. The second kappa shape index (κ2) is 6.40. The molecule has 0 aromatic heterocycles. The van der Waals surface area contributed by atoms with Gasteiger partial charge in [0.25, 0.3) is 0 Å². The van der Waals surface area contributed by atoms with Crippen molar-refractivity contribution in [2.75, 3.05) is 6.54 Å². The maximum absolute atomic E-state index is 12.8. The summed E-state index contributed by atoms with van der Waals surface area (Å²) >= 11 is 0. The highest BCUT2D eigenvalue weighted by atomic mass is 35.5. The van der Waals surface area contributed by atoms with Gasteiger partial charge in [-0.1, -0.05) is 0 Å². The van der Waals surface area contributed by atoms with Crippen molar-refractivity contribution in [1.29, 1.82) is 0 Å². The van der Waals surface area contributed by atoms with Crippen LogP contribution in [0.15, 0.2) is 18.2 Å². The number of hydrogen-bond donors (Lipinski definition) is 2. The van der Waals surface area contributed by atoms with Crippen LogP contribution in [0.3, 0.4) is 0 Å². The Morgan fingerprint density at radius 1 is 1.31 bits per heavy atom. The molecule has 90 valence electrons. The van der Waals surface area contributed by atoms with E-state index in [9.17, 15) is 13.6 Å². The van der Waals surface area contributed by atoms with Gasteiger partial charge < -0.3 is 10.8 Å². The highest BCUT2D eigenvalue weighted by Gasteiger charge is 2.16. The lowest BCUT2D eigenvalue weighted by Gasteiger charge is -2.09. The second-order valence-corrected chi connectivity index (χ2v) is 3.25. The van der Waals surface area contributed by atoms with E-state index in [4.69, 9.17) is 10.8 Å². The van der Waals surface area contributed by atoms with Crippen LogP contribution in [-0.4, -0.2) is 17.6 Å². The molecule has 0 saturated heterocycles. The van der Waals surface area contributed by atoms with Gasteiger partial charge in [-0.15, -0.1) is 12.4 Å². The zero-order valence-corrected chi connectivity index (χ0v) is 9.14. The zero-order valence-electron chi connectivity index (χ0n) is 8.32. The smallest absolute Gasteiger partial charge is 0.308 e. The summed E-state index contributed by atoms with van der Waals surface area (Å²) in [6.07, 6.45) is 0.0283. The molecule has 1 rings (SSSR count). The van der Waals surface area contributed by atoms with Gasteiger partial charge in [-0.25, -0.2) is 8.78 Å². The lowest BCUT2D eigenvalue weighted by Crippen LogP contribution is -2.25. The molecule has 0 radical (unpaired) electrons. The summed E-state index contributed by atoms with van der Waals surface area (Å²) < 4.78 is 25.5. The minimum Gasteiger partial charge on any atom is -0.481 e. The maximum Gasteiger partial charge on any atom is 0.308 e. The average molecular weight is 252 g/mol. The lowest BCUT2D eigenvalue weighted by atomic mass is 9.99. The molecule has 0 bridgehead atoms. The van der Waals surface area contributed by atoms with Gasteiger partial charge in [-0.05, 0) is 24.1 Å². The van der Waals surface area contributed by atoms with E-state index in [1.807, 2.05) is 0 Å². The molecule has 6 heteroatoms. The minimum atomic E-state index is -1.07. The first-order valence-electron chi connectivity index (χ1n) is 4.40. The predicted molar refractivity (Wildman–Crippen MR) is 57.5 cm³/mol. The van der Waals surface area contributed by atoms with E-state index < -0.39 is 23.5 Å². The summed E-state index contributed by atoms with van der Waals surface area (Å²) in [6, 6.07) is 2.95. The Morgan fingerprint density at radius 2 is 1.81 bits per heavy atom. The number of carboxylic acid groups (broad SMARTS) is 1. The Morgan fingerprint density at radius 3 is 2.19 bits per heavy atom. The summed E-state index contributed by atoms with van der Waals surface area (Å²) in [6.45, 7) is -0.0620. The summed E-state index contributed by atoms with van der Waals surface area (Å²) in [5, 5.41) is 8.71. The quantitative estimate of drug-likeness (QED) is 0.854. The summed E-state index contributed by atoms with van der Waals surface area (Å²) in [7, 11) is 0. The number of aliphatic carboxylic acids is 1.